The third-order valence-electron chi connectivity index (χ3n) is 6.78. The second-order valence-electron chi connectivity index (χ2n) is 9.16. The number of carbonyl (C=O) groups excluding carboxylic acids is 2. The van der Waals surface area contributed by atoms with Crippen LogP contribution in [0.3, 0.4) is 0 Å². The lowest BCUT2D eigenvalue weighted by molar-refractivity contribution is -0.114. The number of benzene rings is 1. The van der Waals surface area contributed by atoms with Crippen LogP contribution in [0.15, 0.2) is 71.0 Å². The van der Waals surface area contributed by atoms with E-state index in [1.165, 1.54) is 17.5 Å². The molecule has 7 nitrogen and oxygen atoms in total. The van der Waals surface area contributed by atoms with Crippen LogP contribution in [0.5, 0.6) is 0 Å². The number of carbonyl (C=O) groups is 2. The van der Waals surface area contributed by atoms with Gasteiger partial charge in [0.1, 0.15) is 0 Å². The van der Waals surface area contributed by atoms with Crippen molar-refractivity contribution in [1.82, 2.24) is 20.1 Å². The number of Topliss-reactive ketones (excluding diaryl/α,β-unsaturated/α-hetero) is 1. The standard InChI is InChI=1S/C27H32BN5O2.3C2H6/c1-19-24(20(2)34)25(22-9-4-3-5-10-22)33(26(28)31-19)27(35)30-15-8-16-32-17-12-21(13-18-32)23-11-6-7-14-29-23;3*1-2/h3-7,9-11,14,21,25H,8,12-13,15-18H2,1-2H3,(H,30,35);3*1-2H3. The first-order valence-corrected chi connectivity index (χ1v) is 15.3. The Morgan fingerprint density at radius 2 is 1.56 bits per heavy atom. The highest BCUT2D eigenvalue weighted by Gasteiger charge is 2.36. The number of aliphatic imine (C=N–C) groups is 1. The summed E-state index contributed by atoms with van der Waals surface area (Å²) in [4.78, 5) is 38.3. The van der Waals surface area contributed by atoms with Crippen molar-refractivity contribution in [3.05, 3.63) is 77.3 Å². The number of allylic oxidation sites excluding steroid dienone is 1. The molecule has 4 rings (SSSR count). The smallest absolute Gasteiger partial charge is 0.322 e. The van der Waals surface area contributed by atoms with Crippen LogP contribution in [0.2, 0.25) is 0 Å². The van der Waals surface area contributed by atoms with Gasteiger partial charge in [-0.05, 0) is 70.4 Å². The minimum atomic E-state index is -0.600. The van der Waals surface area contributed by atoms with E-state index in [2.05, 4.69) is 32.3 Å². The Morgan fingerprint density at radius 3 is 2.12 bits per heavy atom. The summed E-state index contributed by atoms with van der Waals surface area (Å²) in [7, 11) is 6.20. The molecule has 1 aromatic heterocycles. The van der Waals surface area contributed by atoms with Gasteiger partial charge in [-0.1, -0.05) is 77.9 Å². The van der Waals surface area contributed by atoms with Gasteiger partial charge < -0.3 is 10.2 Å². The highest BCUT2D eigenvalue weighted by atomic mass is 16.2. The Balaban J connectivity index is 0.00000131. The van der Waals surface area contributed by atoms with Gasteiger partial charge in [0.2, 0.25) is 0 Å². The summed E-state index contributed by atoms with van der Waals surface area (Å²) in [6.07, 6.45) is 4.89. The van der Waals surface area contributed by atoms with Crippen molar-refractivity contribution in [2.24, 2.45) is 4.99 Å². The Hall–Kier alpha value is -3.26. The van der Waals surface area contributed by atoms with Gasteiger partial charge in [0, 0.05) is 35.6 Å². The molecule has 1 atom stereocenters. The maximum Gasteiger partial charge on any atom is 0.322 e. The Morgan fingerprint density at radius 1 is 0.951 bits per heavy atom. The second kappa shape index (κ2) is 19.8. The quantitative estimate of drug-likeness (QED) is 0.296. The van der Waals surface area contributed by atoms with Crippen molar-refractivity contribution >= 4 is 25.4 Å². The molecule has 3 heterocycles. The molecule has 1 N–H and O–H groups in total. The van der Waals surface area contributed by atoms with Crippen LogP contribution in [0, 0.1) is 0 Å². The number of nitrogens with zero attached hydrogens (tertiary/aromatic N) is 4. The maximum absolute atomic E-state index is 13.2. The van der Waals surface area contributed by atoms with Crippen LogP contribution in [0.25, 0.3) is 0 Å². The number of amidine groups is 1. The fraction of sp³-hybridized carbons (Fsp3) is 0.515. The number of amides is 2. The number of likely N-dealkylation sites (tertiary alicyclic amines) is 1. The first-order valence-electron chi connectivity index (χ1n) is 15.3. The van der Waals surface area contributed by atoms with Gasteiger partial charge in [-0.2, -0.15) is 0 Å². The zero-order chi connectivity index (χ0) is 30.8. The first-order chi connectivity index (χ1) is 20.0. The predicted molar refractivity (Wildman–Crippen MR) is 172 cm³/mol. The van der Waals surface area contributed by atoms with Gasteiger partial charge in [0.25, 0.3) is 0 Å². The number of rotatable bonds is 7. The average Bonchev–Trinajstić information content (AvgIpc) is 3.02. The van der Waals surface area contributed by atoms with Gasteiger partial charge in [-0.25, -0.2) is 4.79 Å². The van der Waals surface area contributed by atoms with E-state index in [9.17, 15) is 9.59 Å². The lowest BCUT2D eigenvalue weighted by Crippen LogP contribution is -2.49. The van der Waals surface area contributed by atoms with Crippen LogP contribution in [0.1, 0.15) is 97.9 Å². The van der Waals surface area contributed by atoms with Crippen LogP contribution in [-0.4, -0.2) is 66.4 Å². The van der Waals surface area contributed by atoms with Crippen molar-refractivity contribution in [2.75, 3.05) is 26.2 Å². The normalized spacial score (nSPS) is 17.0. The van der Waals surface area contributed by atoms with Crippen molar-refractivity contribution < 1.29 is 9.59 Å². The van der Waals surface area contributed by atoms with Crippen LogP contribution < -0.4 is 5.32 Å². The maximum atomic E-state index is 13.2. The van der Waals surface area contributed by atoms with Gasteiger partial charge in [-0.15, -0.1) is 0 Å². The lowest BCUT2D eigenvalue weighted by Gasteiger charge is -2.37. The van der Waals surface area contributed by atoms with E-state index in [4.69, 9.17) is 7.85 Å². The van der Waals surface area contributed by atoms with E-state index in [1.54, 1.807) is 6.92 Å². The number of pyridine rings is 1. The molecule has 1 saturated heterocycles. The third-order valence-corrected chi connectivity index (χ3v) is 6.78. The van der Waals surface area contributed by atoms with Gasteiger partial charge in [0.05, 0.1) is 11.8 Å². The predicted octanol–water partition coefficient (Wildman–Crippen LogP) is 6.88. The van der Waals surface area contributed by atoms with Crippen molar-refractivity contribution in [1.29, 1.82) is 0 Å². The van der Waals surface area contributed by atoms with Gasteiger partial charge in [-0.3, -0.25) is 19.7 Å². The number of aromatic nitrogens is 1. The molecule has 1 aromatic carbocycles. The van der Waals surface area contributed by atoms with Crippen molar-refractivity contribution in [3.8, 4) is 0 Å². The number of piperidine rings is 1. The van der Waals surface area contributed by atoms with Crippen molar-refractivity contribution in [2.45, 2.75) is 86.6 Å². The molecule has 222 valence electrons. The van der Waals surface area contributed by atoms with E-state index in [-0.39, 0.29) is 17.5 Å². The zero-order valence-electron chi connectivity index (χ0n) is 26.5. The number of hydrogen-bond acceptors (Lipinski definition) is 5. The Kier molecular flexibility index (Phi) is 17.2. The van der Waals surface area contributed by atoms with Crippen LogP contribution >= 0.6 is 0 Å². The minimum Gasteiger partial charge on any atom is -0.338 e. The summed E-state index contributed by atoms with van der Waals surface area (Å²) >= 11 is 0. The second-order valence-corrected chi connectivity index (χ2v) is 9.16. The highest BCUT2D eigenvalue weighted by molar-refractivity contribution is 6.60. The third kappa shape index (κ3) is 10.3. The number of hydrogen-bond donors (Lipinski definition) is 1. The minimum absolute atomic E-state index is 0.0930. The molecule has 0 spiro atoms. The largest absolute Gasteiger partial charge is 0.338 e. The summed E-state index contributed by atoms with van der Waals surface area (Å²) < 4.78 is 0. The van der Waals surface area contributed by atoms with Gasteiger partial charge in [0.15, 0.2) is 13.6 Å². The Bertz CT molecular complexity index is 1100. The van der Waals surface area contributed by atoms with E-state index in [0.29, 0.717) is 23.7 Å². The molecule has 1 fully saturated rings. The first kappa shape index (κ1) is 35.8. The molecule has 2 radical (unpaired) electrons. The summed E-state index contributed by atoms with van der Waals surface area (Å²) in [5.41, 5.74) is 3.12. The van der Waals surface area contributed by atoms with Gasteiger partial charge >= 0.3 is 6.03 Å². The summed E-state index contributed by atoms with van der Waals surface area (Å²) in [5, 5.41) is 2.99. The molecule has 0 aliphatic carbocycles. The average molecular weight is 560 g/mol. The molecule has 2 amide bonds. The van der Waals surface area contributed by atoms with Crippen molar-refractivity contribution in [3.63, 3.8) is 0 Å². The molecule has 2 aromatic rings. The molecule has 0 saturated carbocycles. The summed E-state index contributed by atoms with van der Waals surface area (Å²) in [5.74, 6) is 0.398. The summed E-state index contributed by atoms with van der Waals surface area (Å²) in [6, 6.07) is 14.6. The lowest BCUT2D eigenvalue weighted by atomic mass is 9.89. The fourth-order valence-corrected chi connectivity index (χ4v) is 5.02. The monoisotopic (exact) mass is 559 g/mol. The SMILES string of the molecule is CC.CC.CC.[B]C1=NC(C)=C(C(C)=O)C(c2ccccc2)N1C(=O)NCCCN1CCC(c2ccccn2)CC1. The molecule has 2 aliphatic rings. The molecule has 0 bridgehead atoms. The molecular weight excluding hydrogens is 509 g/mol. The zero-order valence-corrected chi connectivity index (χ0v) is 26.5. The number of urea groups is 1. The molecular formula is C33H50BN5O2. The molecule has 41 heavy (non-hydrogen) atoms. The Labute approximate surface area is 249 Å². The van der Waals surface area contributed by atoms with E-state index in [0.717, 1.165) is 44.5 Å². The van der Waals surface area contributed by atoms with E-state index < -0.39 is 6.04 Å². The highest BCUT2D eigenvalue weighted by Crippen LogP contribution is 2.35. The summed E-state index contributed by atoms with van der Waals surface area (Å²) in [6.45, 7) is 18.7. The molecule has 8 heteroatoms. The molecule has 2 aliphatic heterocycles. The fourth-order valence-electron chi connectivity index (χ4n) is 5.02. The van der Waals surface area contributed by atoms with E-state index >= 15 is 0 Å². The van der Waals surface area contributed by atoms with Crippen LogP contribution in [0.4, 0.5) is 4.79 Å². The van der Waals surface area contributed by atoms with Crippen LogP contribution in [-0.2, 0) is 4.79 Å². The topological polar surface area (TPSA) is 77.9 Å². The van der Waals surface area contributed by atoms with E-state index in [1.807, 2.05) is 84.1 Å². The number of ketones is 1. The number of nitrogens with one attached hydrogen (secondary N) is 1. The molecule has 1 unspecified atom stereocenters.